The predicted octanol–water partition coefficient (Wildman–Crippen LogP) is 3.94. The largest absolute Gasteiger partial charge is 0.507 e. The van der Waals surface area contributed by atoms with Gasteiger partial charge in [-0.2, -0.15) is 0 Å². The lowest BCUT2D eigenvalue weighted by Gasteiger charge is -2.20. The molecule has 0 bridgehead atoms. The van der Waals surface area contributed by atoms with Crippen LogP contribution in [0.1, 0.15) is 68.2 Å². The SMILES string of the molecule is CC.Nc1nnc(-c2ccc3c(c2O)CCC3)c2c1COCC2.OC1CCCC1. The number of aromatic nitrogens is 2. The molecule has 0 saturated heterocycles. The van der Waals surface area contributed by atoms with Gasteiger partial charge in [-0.05, 0) is 61.3 Å². The number of hydrogen-bond acceptors (Lipinski definition) is 6. The molecule has 3 aliphatic rings. The van der Waals surface area contributed by atoms with Gasteiger partial charge in [0.15, 0.2) is 5.82 Å². The van der Waals surface area contributed by atoms with E-state index in [1.807, 2.05) is 19.9 Å². The van der Waals surface area contributed by atoms with Crippen LogP contribution in [0.4, 0.5) is 5.82 Å². The van der Waals surface area contributed by atoms with Crippen LogP contribution in [0.2, 0.25) is 0 Å². The van der Waals surface area contributed by atoms with E-state index in [9.17, 15) is 5.11 Å². The standard InChI is InChI=1S/C16H17N3O2.C5H10O.C2H6/c17-16-13-8-21-7-6-11(13)14(18-19-16)12-5-4-9-2-1-3-10(9)15(12)20;6-5-3-1-2-4-5;1-2/h4-5,20H,1-3,6-8H2,(H2,17,19);5-6H,1-4H2;1-2H3. The van der Waals surface area contributed by atoms with Crippen molar-refractivity contribution in [3.05, 3.63) is 34.4 Å². The molecule has 0 spiro atoms. The van der Waals surface area contributed by atoms with Crippen LogP contribution in [0.25, 0.3) is 11.3 Å². The molecule has 1 aromatic heterocycles. The van der Waals surface area contributed by atoms with Gasteiger partial charge in [0.2, 0.25) is 0 Å². The summed E-state index contributed by atoms with van der Waals surface area (Å²) in [6.07, 6.45) is 8.44. The Kier molecular flexibility index (Phi) is 7.45. The number of phenolic OH excluding ortho intramolecular Hbond substituents is 1. The molecule has 2 heterocycles. The minimum Gasteiger partial charge on any atom is -0.507 e. The molecule has 158 valence electrons. The topological polar surface area (TPSA) is 101 Å². The first kappa shape index (κ1) is 21.5. The second-order valence-corrected chi connectivity index (χ2v) is 7.58. The first-order chi connectivity index (χ1) is 14.1. The Hall–Kier alpha value is -2.18. The van der Waals surface area contributed by atoms with E-state index in [-0.39, 0.29) is 6.10 Å². The van der Waals surface area contributed by atoms with Gasteiger partial charge in [-0.25, -0.2) is 0 Å². The number of benzene rings is 1. The monoisotopic (exact) mass is 399 g/mol. The summed E-state index contributed by atoms with van der Waals surface area (Å²) in [5.41, 5.74) is 11.7. The molecule has 2 aliphatic carbocycles. The Labute approximate surface area is 173 Å². The number of aryl methyl sites for hydroxylation is 1. The van der Waals surface area contributed by atoms with Crippen LogP contribution in [0.15, 0.2) is 12.1 Å². The van der Waals surface area contributed by atoms with Gasteiger partial charge in [0.25, 0.3) is 0 Å². The number of nitrogens with zero attached hydrogens (tertiary/aromatic N) is 2. The highest BCUT2D eigenvalue weighted by atomic mass is 16.5. The maximum atomic E-state index is 10.6. The summed E-state index contributed by atoms with van der Waals surface area (Å²) in [5, 5.41) is 27.6. The molecule has 4 N–H and O–H groups in total. The minimum absolute atomic E-state index is 0.0463. The molecule has 29 heavy (non-hydrogen) atoms. The van der Waals surface area contributed by atoms with Gasteiger partial charge < -0.3 is 20.7 Å². The number of nitrogens with two attached hydrogens (primary N) is 1. The highest BCUT2D eigenvalue weighted by Crippen LogP contribution is 2.40. The van der Waals surface area contributed by atoms with Crippen LogP contribution in [-0.4, -0.2) is 33.1 Å². The summed E-state index contributed by atoms with van der Waals surface area (Å²) in [6, 6.07) is 4.05. The molecule has 2 aromatic rings. The van der Waals surface area contributed by atoms with Crippen molar-refractivity contribution in [1.29, 1.82) is 0 Å². The highest BCUT2D eigenvalue weighted by Gasteiger charge is 2.24. The number of phenols is 1. The van der Waals surface area contributed by atoms with Crippen molar-refractivity contribution in [1.82, 2.24) is 10.2 Å². The van der Waals surface area contributed by atoms with Gasteiger partial charge in [0.1, 0.15) is 11.4 Å². The predicted molar refractivity (Wildman–Crippen MR) is 115 cm³/mol. The number of ether oxygens (including phenoxy) is 1. The lowest BCUT2D eigenvalue weighted by molar-refractivity contribution is 0.111. The summed E-state index contributed by atoms with van der Waals surface area (Å²) in [4.78, 5) is 0. The van der Waals surface area contributed by atoms with Crippen LogP contribution in [0.3, 0.4) is 0 Å². The van der Waals surface area contributed by atoms with Crippen molar-refractivity contribution in [3.8, 4) is 17.0 Å². The third-order valence-electron chi connectivity index (χ3n) is 5.79. The quantitative estimate of drug-likeness (QED) is 0.671. The van der Waals surface area contributed by atoms with Crippen molar-refractivity contribution in [2.24, 2.45) is 0 Å². The molecule has 1 aromatic carbocycles. The fourth-order valence-corrected chi connectivity index (χ4v) is 4.26. The summed E-state index contributed by atoms with van der Waals surface area (Å²) in [6.45, 7) is 5.12. The number of rotatable bonds is 1. The van der Waals surface area contributed by atoms with Gasteiger partial charge in [-0.15, -0.1) is 10.2 Å². The number of hydrogen-bond donors (Lipinski definition) is 3. The number of aliphatic hydroxyl groups is 1. The van der Waals surface area contributed by atoms with Gasteiger partial charge >= 0.3 is 0 Å². The molecule has 5 rings (SSSR count). The smallest absolute Gasteiger partial charge is 0.151 e. The van der Waals surface area contributed by atoms with Gasteiger partial charge in [0, 0.05) is 11.1 Å². The molecular formula is C23H33N3O3. The summed E-state index contributed by atoms with van der Waals surface area (Å²) in [7, 11) is 0. The highest BCUT2D eigenvalue weighted by molar-refractivity contribution is 5.74. The first-order valence-corrected chi connectivity index (χ1v) is 10.9. The summed E-state index contributed by atoms with van der Waals surface area (Å²) >= 11 is 0. The number of aromatic hydroxyl groups is 1. The molecular weight excluding hydrogens is 366 g/mol. The third-order valence-corrected chi connectivity index (χ3v) is 5.79. The van der Waals surface area contributed by atoms with Crippen LogP contribution in [-0.2, 0) is 30.6 Å². The van der Waals surface area contributed by atoms with Crippen molar-refractivity contribution in [3.63, 3.8) is 0 Å². The van der Waals surface area contributed by atoms with Crippen LogP contribution >= 0.6 is 0 Å². The normalized spacial score (nSPS) is 17.5. The fraction of sp³-hybridized carbons (Fsp3) is 0.565. The van der Waals surface area contributed by atoms with E-state index in [0.29, 0.717) is 24.8 Å². The Balaban J connectivity index is 0.000000256. The van der Waals surface area contributed by atoms with Crippen molar-refractivity contribution >= 4 is 5.82 Å². The zero-order valence-electron chi connectivity index (χ0n) is 17.6. The second-order valence-electron chi connectivity index (χ2n) is 7.58. The van der Waals surface area contributed by atoms with E-state index in [1.165, 1.54) is 18.4 Å². The van der Waals surface area contributed by atoms with Gasteiger partial charge in [-0.1, -0.05) is 32.8 Å². The average Bonchev–Trinajstić information content (AvgIpc) is 3.43. The van der Waals surface area contributed by atoms with Crippen molar-refractivity contribution < 1.29 is 14.9 Å². The van der Waals surface area contributed by atoms with E-state index < -0.39 is 0 Å². The summed E-state index contributed by atoms with van der Waals surface area (Å²) in [5.74, 6) is 0.784. The molecule has 6 heteroatoms. The first-order valence-electron chi connectivity index (χ1n) is 10.9. The third kappa shape index (κ3) is 4.70. The Morgan fingerprint density at radius 2 is 1.72 bits per heavy atom. The van der Waals surface area contributed by atoms with E-state index in [4.69, 9.17) is 15.6 Å². The molecule has 1 aliphatic heterocycles. The van der Waals surface area contributed by atoms with Crippen LogP contribution in [0.5, 0.6) is 5.75 Å². The van der Waals surface area contributed by atoms with Gasteiger partial charge in [-0.3, -0.25) is 0 Å². The molecule has 0 radical (unpaired) electrons. The Morgan fingerprint density at radius 1 is 0.966 bits per heavy atom. The average molecular weight is 400 g/mol. The maximum absolute atomic E-state index is 10.6. The Bertz CT molecular complexity index is 833. The number of aliphatic hydroxyl groups excluding tert-OH is 1. The molecule has 0 amide bonds. The number of nitrogen functional groups attached to an aromatic ring is 1. The van der Waals surface area contributed by atoms with E-state index in [2.05, 4.69) is 16.3 Å². The molecule has 0 unspecified atom stereocenters. The van der Waals surface area contributed by atoms with E-state index in [1.54, 1.807) is 0 Å². The maximum Gasteiger partial charge on any atom is 0.151 e. The molecule has 1 fully saturated rings. The molecule has 1 saturated carbocycles. The van der Waals surface area contributed by atoms with E-state index >= 15 is 0 Å². The number of fused-ring (bicyclic) bond motifs is 2. The van der Waals surface area contributed by atoms with Gasteiger partial charge in [0.05, 0.1) is 19.3 Å². The van der Waals surface area contributed by atoms with E-state index in [0.717, 1.165) is 66.5 Å². The minimum atomic E-state index is 0.0463. The Morgan fingerprint density at radius 3 is 2.41 bits per heavy atom. The number of anilines is 1. The van der Waals surface area contributed by atoms with Crippen molar-refractivity contribution in [2.75, 3.05) is 12.3 Å². The fourth-order valence-electron chi connectivity index (χ4n) is 4.26. The van der Waals surface area contributed by atoms with Crippen LogP contribution in [0, 0.1) is 0 Å². The van der Waals surface area contributed by atoms with Crippen molar-refractivity contribution in [2.45, 2.75) is 77.9 Å². The molecule has 0 atom stereocenters. The zero-order chi connectivity index (χ0) is 20.8. The summed E-state index contributed by atoms with van der Waals surface area (Å²) < 4.78 is 5.46. The van der Waals surface area contributed by atoms with Crippen LogP contribution < -0.4 is 5.73 Å². The lowest BCUT2D eigenvalue weighted by atomic mass is 9.95. The second kappa shape index (κ2) is 10.0. The molecule has 6 nitrogen and oxygen atoms in total. The lowest BCUT2D eigenvalue weighted by Crippen LogP contribution is -2.16. The zero-order valence-corrected chi connectivity index (χ0v) is 17.6.